The van der Waals surface area contributed by atoms with E-state index in [-0.39, 0.29) is 28.4 Å². The largest absolute Gasteiger partial charge is 0.480 e. The molecule has 0 radical (unpaired) electrons. The van der Waals surface area contributed by atoms with E-state index in [1.54, 1.807) is 0 Å². The van der Waals surface area contributed by atoms with Gasteiger partial charge in [0.05, 0.1) is 5.02 Å². The van der Waals surface area contributed by atoms with Gasteiger partial charge in [0.2, 0.25) is 10.0 Å². The van der Waals surface area contributed by atoms with E-state index in [0.29, 0.717) is 6.42 Å². The Kier molecular flexibility index (Phi) is 4.04. The maximum atomic E-state index is 13.3. The summed E-state index contributed by atoms with van der Waals surface area (Å²) in [7, 11) is -4.05. The van der Waals surface area contributed by atoms with Crippen molar-refractivity contribution in [1.82, 2.24) is 4.31 Å². The number of rotatable bonds is 3. The fourth-order valence-electron chi connectivity index (χ4n) is 2.23. The molecule has 1 heterocycles. The van der Waals surface area contributed by atoms with Crippen LogP contribution in [-0.4, -0.2) is 36.4 Å². The third kappa shape index (κ3) is 2.53. The van der Waals surface area contributed by atoms with E-state index in [4.69, 9.17) is 16.7 Å². The molecule has 1 unspecified atom stereocenters. The maximum Gasteiger partial charge on any atom is 0.322 e. The zero-order chi connectivity index (χ0) is 15.1. The predicted octanol–water partition coefficient (Wildman–Crippen LogP) is 2.03. The minimum Gasteiger partial charge on any atom is -0.480 e. The molecule has 2 rings (SSSR count). The van der Waals surface area contributed by atoms with Crippen LogP contribution < -0.4 is 0 Å². The molecular formula is C12H13ClFNO4S. The number of hydrogen-bond donors (Lipinski definition) is 1. The van der Waals surface area contributed by atoms with Crippen LogP contribution in [0, 0.1) is 12.7 Å². The lowest BCUT2D eigenvalue weighted by Crippen LogP contribution is -2.40. The number of aryl methyl sites for hydroxylation is 1. The number of nitrogens with zero attached hydrogens (tertiary/aromatic N) is 1. The van der Waals surface area contributed by atoms with Crippen LogP contribution in [0.2, 0.25) is 5.02 Å². The molecule has 20 heavy (non-hydrogen) atoms. The summed E-state index contributed by atoms with van der Waals surface area (Å²) in [5, 5.41) is 8.82. The van der Waals surface area contributed by atoms with Crippen LogP contribution in [0.25, 0.3) is 0 Å². The summed E-state index contributed by atoms with van der Waals surface area (Å²) >= 11 is 5.80. The van der Waals surface area contributed by atoms with Gasteiger partial charge in [-0.15, -0.1) is 0 Å². The summed E-state index contributed by atoms with van der Waals surface area (Å²) in [6.45, 7) is 1.54. The van der Waals surface area contributed by atoms with Crippen molar-refractivity contribution in [3.8, 4) is 0 Å². The molecule has 1 saturated heterocycles. The Morgan fingerprint density at radius 3 is 2.75 bits per heavy atom. The number of benzene rings is 1. The van der Waals surface area contributed by atoms with Gasteiger partial charge in [0.1, 0.15) is 16.8 Å². The molecule has 0 saturated carbocycles. The average molecular weight is 322 g/mol. The van der Waals surface area contributed by atoms with Gasteiger partial charge in [-0.2, -0.15) is 4.31 Å². The number of aliphatic carboxylic acids is 1. The van der Waals surface area contributed by atoms with E-state index in [1.165, 1.54) is 6.92 Å². The molecule has 1 aliphatic heterocycles. The highest BCUT2D eigenvalue weighted by atomic mass is 35.5. The summed E-state index contributed by atoms with van der Waals surface area (Å²) in [5.74, 6) is -1.80. The lowest BCUT2D eigenvalue weighted by atomic mass is 10.2. The number of sulfonamides is 1. The first kappa shape index (κ1) is 15.2. The molecule has 0 aliphatic carbocycles. The zero-order valence-corrected chi connectivity index (χ0v) is 12.2. The lowest BCUT2D eigenvalue weighted by Gasteiger charge is -2.21. The molecule has 0 amide bonds. The molecule has 1 aromatic rings. The summed E-state index contributed by atoms with van der Waals surface area (Å²) in [6, 6.07) is 0.960. The third-order valence-electron chi connectivity index (χ3n) is 3.29. The van der Waals surface area contributed by atoms with Crippen molar-refractivity contribution in [2.75, 3.05) is 6.54 Å². The first-order valence-electron chi connectivity index (χ1n) is 5.95. The number of carbonyl (C=O) groups is 1. The van der Waals surface area contributed by atoms with Gasteiger partial charge in [-0.3, -0.25) is 4.79 Å². The van der Waals surface area contributed by atoms with Crippen LogP contribution in [0.4, 0.5) is 4.39 Å². The smallest absolute Gasteiger partial charge is 0.322 e. The van der Waals surface area contributed by atoms with Crippen LogP contribution in [0.5, 0.6) is 0 Å². The molecule has 0 spiro atoms. The van der Waals surface area contributed by atoms with Crippen molar-refractivity contribution in [2.45, 2.75) is 30.7 Å². The molecule has 110 valence electrons. The Hall–Kier alpha value is -1.18. The van der Waals surface area contributed by atoms with E-state index >= 15 is 0 Å². The Morgan fingerprint density at radius 2 is 2.15 bits per heavy atom. The van der Waals surface area contributed by atoms with Gasteiger partial charge >= 0.3 is 5.97 Å². The van der Waals surface area contributed by atoms with Gasteiger partial charge in [-0.05, 0) is 37.5 Å². The van der Waals surface area contributed by atoms with Crippen molar-refractivity contribution in [1.29, 1.82) is 0 Å². The van der Waals surface area contributed by atoms with Gasteiger partial charge in [0.15, 0.2) is 0 Å². The predicted molar refractivity (Wildman–Crippen MR) is 70.7 cm³/mol. The SMILES string of the molecule is Cc1cc(S(=O)(=O)N2CCCC2C(=O)O)c(Cl)cc1F. The monoisotopic (exact) mass is 321 g/mol. The second kappa shape index (κ2) is 5.31. The van der Waals surface area contributed by atoms with Crippen LogP contribution in [0.3, 0.4) is 0 Å². The Bertz CT molecular complexity index is 662. The Labute approximate surface area is 121 Å². The van der Waals surface area contributed by atoms with E-state index < -0.39 is 27.9 Å². The van der Waals surface area contributed by atoms with E-state index in [0.717, 1.165) is 16.4 Å². The second-order valence-corrected chi connectivity index (χ2v) is 6.91. The van der Waals surface area contributed by atoms with Gasteiger partial charge < -0.3 is 5.11 Å². The fourth-order valence-corrected chi connectivity index (χ4v) is 4.46. The average Bonchev–Trinajstić information content (AvgIpc) is 2.83. The number of hydrogen-bond acceptors (Lipinski definition) is 3. The van der Waals surface area contributed by atoms with Gasteiger partial charge in [-0.1, -0.05) is 11.6 Å². The van der Waals surface area contributed by atoms with Crippen molar-refractivity contribution in [3.05, 3.63) is 28.5 Å². The van der Waals surface area contributed by atoms with E-state index in [2.05, 4.69) is 0 Å². The number of halogens is 2. The molecule has 1 aromatic carbocycles. The molecular weight excluding hydrogens is 309 g/mol. The normalized spacial score (nSPS) is 20.2. The fraction of sp³-hybridized carbons (Fsp3) is 0.417. The van der Waals surface area contributed by atoms with Crippen LogP contribution in [-0.2, 0) is 14.8 Å². The quantitative estimate of drug-likeness (QED) is 0.924. The van der Waals surface area contributed by atoms with Crippen molar-refractivity contribution >= 4 is 27.6 Å². The molecule has 8 heteroatoms. The Morgan fingerprint density at radius 1 is 1.50 bits per heavy atom. The second-order valence-electron chi connectivity index (χ2n) is 4.64. The maximum absolute atomic E-state index is 13.3. The van der Waals surface area contributed by atoms with Crippen molar-refractivity contribution < 1.29 is 22.7 Å². The first-order valence-corrected chi connectivity index (χ1v) is 7.77. The highest BCUT2D eigenvalue weighted by molar-refractivity contribution is 7.89. The van der Waals surface area contributed by atoms with E-state index in [9.17, 15) is 17.6 Å². The summed E-state index contributed by atoms with van der Waals surface area (Å²) in [6.07, 6.45) is 0.723. The van der Waals surface area contributed by atoms with E-state index in [1.807, 2.05) is 0 Å². The molecule has 1 fully saturated rings. The molecule has 1 aliphatic rings. The topological polar surface area (TPSA) is 74.7 Å². The minimum absolute atomic E-state index is 0.117. The lowest BCUT2D eigenvalue weighted by molar-refractivity contribution is -0.140. The number of carboxylic acids is 1. The van der Waals surface area contributed by atoms with Crippen molar-refractivity contribution in [2.24, 2.45) is 0 Å². The van der Waals surface area contributed by atoms with Crippen LogP contribution >= 0.6 is 11.6 Å². The van der Waals surface area contributed by atoms with Gasteiger partial charge in [0.25, 0.3) is 0 Å². The zero-order valence-electron chi connectivity index (χ0n) is 10.6. The summed E-state index contributed by atoms with van der Waals surface area (Å²) in [5.41, 5.74) is 0.138. The highest BCUT2D eigenvalue weighted by Gasteiger charge is 2.40. The first-order chi connectivity index (χ1) is 9.25. The molecule has 0 aromatic heterocycles. The third-order valence-corrected chi connectivity index (χ3v) is 5.66. The standard InChI is InChI=1S/C12H13ClFNO4S/c1-7-5-11(8(13)6-9(7)14)20(18,19)15-4-2-3-10(15)12(16)17/h5-6,10H,2-4H2,1H3,(H,16,17). The Balaban J connectivity index is 2.50. The molecule has 5 nitrogen and oxygen atoms in total. The summed E-state index contributed by atoms with van der Waals surface area (Å²) in [4.78, 5) is 10.8. The number of carboxylic acid groups (broad SMARTS) is 1. The molecule has 1 N–H and O–H groups in total. The van der Waals surface area contributed by atoms with Gasteiger partial charge in [-0.25, -0.2) is 12.8 Å². The van der Waals surface area contributed by atoms with Crippen LogP contribution in [0.15, 0.2) is 17.0 Å². The highest BCUT2D eigenvalue weighted by Crippen LogP contribution is 2.31. The van der Waals surface area contributed by atoms with Crippen LogP contribution in [0.1, 0.15) is 18.4 Å². The molecule has 1 atom stereocenters. The molecule has 0 bridgehead atoms. The van der Waals surface area contributed by atoms with Crippen molar-refractivity contribution in [3.63, 3.8) is 0 Å². The minimum atomic E-state index is -4.05. The van der Waals surface area contributed by atoms with Gasteiger partial charge in [0, 0.05) is 6.54 Å². The summed E-state index contributed by atoms with van der Waals surface area (Å²) < 4.78 is 39.2.